The molecule has 2 aliphatic rings. The molecule has 2 saturated carbocycles. The maximum absolute atomic E-state index is 3.78. The van der Waals surface area contributed by atoms with E-state index in [0.29, 0.717) is 5.41 Å². The van der Waals surface area contributed by atoms with Gasteiger partial charge in [-0.05, 0) is 55.9 Å². The van der Waals surface area contributed by atoms with E-state index in [-0.39, 0.29) is 0 Å². The molecule has 0 aromatic rings. The molecule has 0 aromatic heterocycles. The van der Waals surface area contributed by atoms with E-state index < -0.39 is 0 Å². The lowest BCUT2D eigenvalue weighted by atomic mass is 9.78. The fourth-order valence-electron chi connectivity index (χ4n) is 3.68. The van der Waals surface area contributed by atoms with Crippen LogP contribution in [0.15, 0.2) is 0 Å². The summed E-state index contributed by atoms with van der Waals surface area (Å²) in [6.45, 7) is 7.35. The van der Waals surface area contributed by atoms with Gasteiger partial charge in [0.2, 0.25) is 0 Å². The molecule has 0 bridgehead atoms. The van der Waals surface area contributed by atoms with Gasteiger partial charge in [0.1, 0.15) is 0 Å². The number of rotatable bonds is 6. The van der Waals surface area contributed by atoms with Crippen molar-refractivity contribution in [3.05, 3.63) is 0 Å². The van der Waals surface area contributed by atoms with Gasteiger partial charge in [-0.3, -0.25) is 0 Å². The minimum Gasteiger partial charge on any atom is -0.316 e. The molecule has 1 nitrogen and oxygen atoms in total. The highest BCUT2D eigenvalue weighted by molar-refractivity contribution is 4.88. The lowest BCUT2D eigenvalue weighted by Crippen LogP contribution is -2.37. The average molecular weight is 223 g/mol. The SMILES string of the molecule is CC(C)CC1(CNCC2CCC2)CCCC1. The summed E-state index contributed by atoms with van der Waals surface area (Å²) >= 11 is 0. The Bertz CT molecular complexity index is 199. The molecule has 0 aliphatic heterocycles. The zero-order valence-corrected chi connectivity index (χ0v) is 11.2. The molecule has 2 fully saturated rings. The van der Waals surface area contributed by atoms with Crippen molar-refractivity contribution in [2.24, 2.45) is 17.3 Å². The molecule has 0 spiro atoms. The maximum Gasteiger partial charge on any atom is 0.000802 e. The molecule has 0 radical (unpaired) electrons. The zero-order valence-electron chi connectivity index (χ0n) is 11.2. The third-order valence-corrected chi connectivity index (χ3v) is 4.66. The largest absolute Gasteiger partial charge is 0.316 e. The summed E-state index contributed by atoms with van der Waals surface area (Å²) in [5.74, 6) is 1.88. The molecule has 2 rings (SSSR count). The highest BCUT2D eigenvalue weighted by Crippen LogP contribution is 2.42. The Balaban J connectivity index is 1.73. The first-order valence-corrected chi connectivity index (χ1v) is 7.41. The predicted octanol–water partition coefficient (Wildman–Crippen LogP) is 3.98. The van der Waals surface area contributed by atoms with Crippen molar-refractivity contribution < 1.29 is 0 Å². The van der Waals surface area contributed by atoms with Crippen LogP contribution in [0, 0.1) is 17.3 Å². The van der Waals surface area contributed by atoms with Crippen molar-refractivity contribution >= 4 is 0 Å². The summed E-state index contributed by atoms with van der Waals surface area (Å²) in [4.78, 5) is 0. The molecule has 0 aromatic carbocycles. The second-order valence-electron chi connectivity index (χ2n) is 6.73. The van der Waals surface area contributed by atoms with Crippen molar-refractivity contribution in [2.45, 2.75) is 65.2 Å². The quantitative estimate of drug-likeness (QED) is 0.718. The van der Waals surface area contributed by atoms with Crippen LogP contribution in [0.25, 0.3) is 0 Å². The third kappa shape index (κ3) is 3.23. The van der Waals surface area contributed by atoms with E-state index in [0.717, 1.165) is 11.8 Å². The second-order valence-corrected chi connectivity index (χ2v) is 6.73. The minimum absolute atomic E-state index is 0.665. The summed E-state index contributed by atoms with van der Waals surface area (Å²) in [6, 6.07) is 0. The van der Waals surface area contributed by atoms with E-state index in [9.17, 15) is 0 Å². The lowest BCUT2D eigenvalue weighted by Gasteiger charge is -2.33. The van der Waals surface area contributed by atoms with Gasteiger partial charge >= 0.3 is 0 Å². The van der Waals surface area contributed by atoms with Crippen LogP contribution in [0.5, 0.6) is 0 Å². The van der Waals surface area contributed by atoms with Crippen LogP contribution in [-0.4, -0.2) is 13.1 Å². The van der Waals surface area contributed by atoms with Gasteiger partial charge in [-0.2, -0.15) is 0 Å². The molecular formula is C15H29N. The fraction of sp³-hybridized carbons (Fsp3) is 1.00. The standard InChI is InChI=1S/C15H29N/c1-13(2)10-15(8-3-4-9-15)12-16-11-14-6-5-7-14/h13-14,16H,3-12H2,1-2H3. The molecule has 1 heteroatoms. The third-order valence-electron chi connectivity index (χ3n) is 4.66. The highest BCUT2D eigenvalue weighted by Gasteiger charge is 2.34. The highest BCUT2D eigenvalue weighted by atomic mass is 14.9. The molecule has 1 N–H and O–H groups in total. The number of nitrogens with one attached hydrogen (secondary N) is 1. The molecule has 2 aliphatic carbocycles. The van der Waals surface area contributed by atoms with Crippen LogP contribution in [-0.2, 0) is 0 Å². The van der Waals surface area contributed by atoms with E-state index in [1.54, 1.807) is 0 Å². The lowest BCUT2D eigenvalue weighted by molar-refractivity contribution is 0.208. The summed E-state index contributed by atoms with van der Waals surface area (Å²) in [6.07, 6.45) is 11.8. The normalized spacial score (nSPS) is 24.9. The summed E-state index contributed by atoms with van der Waals surface area (Å²) in [5, 5.41) is 3.78. The van der Waals surface area contributed by atoms with Crippen molar-refractivity contribution in [1.82, 2.24) is 5.32 Å². The molecule has 16 heavy (non-hydrogen) atoms. The Kier molecular flexibility index (Phi) is 4.29. The summed E-state index contributed by atoms with van der Waals surface area (Å²) < 4.78 is 0. The van der Waals surface area contributed by atoms with Gasteiger partial charge in [-0.15, -0.1) is 0 Å². The van der Waals surface area contributed by atoms with Crippen LogP contribution >= 0.6 is 0 Å². The predicted molar refractivity (Wildman–Crippen MR) is 70.6 cm³/mol. The van der Waals surface area contributed by atoms with Gasteiger partial charge in [0, 0.05) is 6.54 Å². The topological polar surface area (TPSA) is 12.0 Å². The van der Waals surface area contributed by atoms with Crippen molar-refractivity contribution in [2.75, 3.05) is 13.1 Å². The average Bonchev–Trinajstić information content (AvgIpc) is 2.57. The van der Waals surface area contributed by atoms with Crippen LogP contribution < -0.4 is 5.32 Å². The van der Waals surface area contributed by atoms with Crippen LogP contribution in [0.1, 0.15) is 65.2 Å². The van der Waals surface area contributed by atoms with Crippen molar-refractivity contribution in [3.8, 4) is 0 Å². The molecule has 0 heterocycles. The fourth-order valence-corrected chi connectivity index (χ4v) is 3.68. The Morgan fingerprint density at radius 3 is 2.31 bits per heavy atom. The Labute approximate surface area is 101 Å². The van der Waals surface area contributed by atoms with Crippen molar-refractivity contribution in [3.63, 3.8) is 0 Å². The van der Waals surface area contributed by atoms with E-state index in [4.69, 9.17) is 0 Å². The van der Waals surface area contributed by atoms with Crippen LogP contribution in [0.2, 0.25) is 0 Å². The monoisotopic (exact) mass is 223 g/mol. The summed E-state index contributed by atoms with van der Waals surface area (Å²) in [7, 11) is 0. The van der Waals surface area contributed by atoms with Gasteiger partial charge < -0.3 is 5.32 Å². The first-order valence-electron chi connectivity index (χ1n) is 7.41. The molecule has 0 unspecified atom stereocenters. The first kappa shape index (κ1) is 12.4. The molecule has 0 saturated heterocycles. The Morgan fingerprint density at radius 1 is 1.12 bits per heavy atom. The Hall–Kier alpha value is -0.0400. The maximum atomic E-state index is 3.78. The molecular weight excluding hydrogens is 194 g/mol. The van der Waals surface area contributed by atoms with E-state index in [1.165, 1.54) is 64.5 Å². The molecule has 0 amide bonds. The van der Waals surface area contributed by atoms with Gasteiger partial charge in [0.25, 0.3) is 0 Å². The number of hydrogen-bond acceptors (Lipinski definition) is 1. The molecule has 0 atom stereocenters. The van der Waals surface area contributed by atoms with Crippen molar-refractivity contribution in [1.29, 1.82) is 0 Å². The van der Waals surface area contributed by atoms with Gasteiger partial charge in [0.05, 0.1) is 0 Å². The van der Waals surface area contributed by atoms with Gasteiger partial charge in [-0.1, -0.05) is 33.1 Å². The van der Waals surface area contributed by atoms with E-state index in [1.807, 2.05) is 0 Å². The Morgan fingerprint density at radius 2 is 1.81 bits per heavy atom. The van der Waals surface area contributed by atoms with E-state index >= 15 is 0 Å². The number of hydrogen-bond donors (Lipinski definition) is 1. The first-order chi connectivity index (χ1) is 7.70. The second kappa shape index (κ2) is 5.53. The van der Waals surface area contributed by atoms with Crippen LogP contribution in [0.4, 0.5) is 0 Å². The van der Waals surface area contributed by atoms with Crippen LogP contribution in [0.3, 0.4) is 0 Å². The van der Waals surface area contributed by atoms with Gasteiger partial charge in [-0.25, -0.2) is 0 Å². The molecule has 94 valence electrons. The zero-order chi connectivity index (χ0) is 11.4. The smallest absolute Gasteiger partial charge is 0.000802 e. The minimum atomic E-state index is 0.665. The summed E-state index contributed by atoms with van der Waals surface area (Å²) in [5.41, 5.74) is 0.665. The van der Waals surface area contributed by atoms with E-state index in [2.05, 4.69) is 19.2 Å². The van der Waals surface area contributed by atoms with Gasteiger partial charge in [0.15, 0.2) is 0 Å².